The molecule has 0 radical (unpaired) electrons. The van der Waals surface area contributed by atoms with Gasteiger partial charge in [-0.1, -0.05) is 6.07 Å². The van der Waals surface area contributed by atoms with Gasteiger partial charge < -0.3 is 20.3 Å². The molecule has 2 atom stereocenters. The third-order valence-electron chi connectivity index (χ3n) is 4.46. The van der Waals surface area contributed by atoms with Crippen LogP contribution in [0.3, 0.4) is 0 Å². The molecule has 2 aliphatic rings. The van der Waals surface area contributed by atoms with Gasteiger partial charge in [-0.2, -0.15) is 0 Å². The average molecular weight is 351 g/mol. The zero-order chi connectivity index (χ0) is 17.1. The van der Waals surface area contributed by atoms with Gasteiger partial charge in [-0.3, -0.25) is 14.4 Å². The first-order chi connectivity index (χ1) is 11.6. The maximum atomic E-state index is 12.8. The van der Waals surface area contributed by atoms with E-state index in [9.17, 15) is 14.4 Å². The monoisotopic (exact) mass is 351 g/mol. The van der Waals surface area contributed by atoms with E-state index in [-0.39, 0.29) is 25.0 Å². The number of amides is 3. The van der Waals surface area contributed by atoms with Crippen molar-refractivity contribution in [3.8, 4) is 0 Å². The second kappa shape index (κ2) is 7.31. The highest BCUT2D eigenvalue weighted by molar-refractivity contribution is 7.10. The first-order valence-corrected chi connectivity index (χ1v) is 8.96. The van der Waals surface area contributed by atoms with Crippen molar-refractivity contribution in [2.24, 2.45) is 5.73 Å². The first kappa shape index (κ1) is 16.9. The first-order valence-electron chi connectivity index (χ1n) is 8.08. The minimum Gasteiger partial charge on any atom is -0.367 e. The van der Waals surface area contributed by atoms with Crippen LogP contribution in [0.15, 0.2) is 17.5 Å². The smallest absolute Gasteiger partial charge is 0.248 e. The van der Waals surface area contributed by atoms with E-state index in [1.54, 1.807) is 21.1 Å². The molecule has 3 amide bonds. The Morgan fingerprint density at radius 3 is 2.88 bits per heavy atom. The van der Waals surface area contributed by atoms with Crippen molar-refractivity contribution >= 4 is 29.1 Å². The lowest BCUT2D eigenvalue weighted by atomic mass is 10.1. The van der Waals surface area contributed by atoms with Crippen molar-refractivity contribution < 1.29 is 19.1 Å². The van der Waals surface area contributed by atoms with Crippen LogP contribution in [-0.4, -0.2) is 65.9 Å². The molecule has 1 aromatic rings. The Kier molecular flexibility index (Phi) is 5.15. The molecule has 0 aliphatic carbocycles. The number of nitrogens with zero attached hydrogens (tertiary/aromatic N) is 2. The van der Waals surface area contributed by atoms with Gasteiger partial charge in [0.1, 0.15) is 6.04 Å². The minimum atomic E-state index is -0.764. The number of thiophene rings is 1. The molecule has 8 heteroatoms. The molecule has 3 rings (SSSR count). The summed E-state index contributed by atoms with van der Waals surface area (Å²) in [6, 6.07) is 3.40. The van der Waals surface area contributed by atoms with E-state index in [0.717, 1.165) is 11.3 Å². The summed E-state index contributed by atoms with van der Waals surface area (Å²) in [6.45, 7) is 1.48. The fourth-order valence-corrected chi connectivity index (χ4v) is 3.91. The number of primary amides is 1. The van der Waals surface area contributed by atoms with Gasteiger partial charge in [0.2, 0.25) is 17.7 Å². The molecular weight excluding hydrogens is 330 g/mol. The molecule has 2 fully saturated rings. The molecule has 7 nitrogen and oxygen atoms in total. The van der Waals surface area contributed by atoms with Crippen LogP contribution in [0.1, 0.15) is 17.7 Å². The van der Waals surface area contributed by atoms with Gasteiger partial charge in [0.25, 0.3) is 0 Å². The molecule has 2 unspecified atom stereocenters. The van der Waals surface area contributed by atoms with Gasteiger partial charge in [-0.25, -0.2) is 0 Å². The molecule has 0 aromatic carbocycles. The van der Waals surface area contributed by atoms with Gasteiger partial charge in [-0.15, -0.1) is 11.3 Å². The molecule has 1 aromatic heterocycles. The van der Waals surface area contributed by atoms with Gasteiger partial charge in [-0.05, 0) is 24.3 Å². The van der Waals surface area contributed by atoms with Gasteiger partial charge in [0.15, 0.2) is 6.10 Å². The van der Waals surface area contributed by atoms with Crippen LogP contribution in [0.25, 0.3) is 0 Å². The van der Waals surface area contributed by atoms with Crippen LogP contribution in [0, 0.1) is 0 Å². The van der Waals surface area contributed by atoms with Crippen LogP contribution in [0.5, 0.6) is 0 Å². The maximum absolute atomic E-state index is 12.8. The molecule has 3 heterocycles. The predicted molar refractivity (Wildman–Crippen MR) is 88.3 cm³/mol. The van der Waals surface area contributed by atoms with Crippen LogP contribution >= 0.6 is 11.3 Å². The summed E-state index contributed by atoms with van der Waals surface area (Å²) in [4.78, 5) is 40.9. The van der Waals surface area contributed by atoms with Gasteiger partial charge in [0, 0.05) is 18.0 Å². The normalized spacial score (nSPS) is 24.2. The second-order valence-electron chi connectivity index (χ2n) is 6.05. The number of morpholine rings is 1. The summed E-state index contributed by atoms with van der Waals surface area (Å²) < 4.78 is 5.28. The molecule has 0 spiro atoms. The zero-order valence-electron chi connectivity index (χ0n) is 13.3. The third-order valence-corrected chi connectivity index (χ3v) is 5.34. The van der Waals surface area contributed by atoms with Crippen molar-refractivity contribution in [1.82, 2.24) is 9.80 Å². The number of carbonyl (C=O) groups excluding carboxylic acids is 3. The molecule has 2 aliphatic heterocycles. The Hall–Kier alpha value is -1.93. The van der Waals surface area contributed by atoms with Crippen LogP contribution in [0.2, 0.25) is 0 Å². The van der Waals surface area contributed by atoms with Crippen molar-refractivity contribution in [3.05, 3.63) is 22.4 Å². The van der Waals surface area contributed by atoms with E-state index in [1.807, 2.05) is 17.5 Å². The maximum Gasteiger partial charge on any atom is 0.248 e. The lowest BCUT2D eigenvalue weighted by Crippen LogP contribution is -2.55. The Bertz CT molecular complexity index is 619. The SMILES string of the molecule is NC(=O)C1CN(C(=O)C2CCCN2C(=O)Cc2cccs2)CCO1. The number of likely N-dealkylation sites (tertiary alicyclic amines) is 1. The Morgan fingerprint density at radius 1 is 1.33 bits per heavy atom. The van der Waals surface area contributed by atoms with Crippen molar-refractivity contribution in [3.63, 3.8) is 0 Å². The standard InChI is InChI=1S/C16H21N3O4S/c17-15(21)13-10-18(6-7-23-13)16(22)12-4-1-5-19(12)14(20)9-11-3-2-8-24-11/h2-3,8,12-13H,1,4-7,9-10H2,(H2,17,21). The van der Waals surface area contributed by atoms with Crippen LogP contribution in [-0.2, 0) is 25.5 Å². The summed E-state index contributed by atoms with van der Waals surface area (Å²) in [5.74, 6) is -0.695. The Labute approximate surface area is 144 Å². The summed E-state index contributed by atoms with van der Waals surface area (Å²) in [7, 11) is 0. The van der Waals surface area contributed by atoms with E-state index >= 15 is 0 Å². The molecule has 24 heavy (non-hydrogen) atoms. The molecule has 2 N–H and O–H groups in total. The van der Waals surface area contributed by atoms with E-state index in [0.29, 0.717) is 25.9 Å². The lowest BCUT2D eigenvalue weighted by Gasteiger charge is -2.35. The number of hydrogen-bond acceptors (Lipinski definition) is 5. The summed E-state index contributed by atoms with van der Waals surface area (Å²) in [6.07, 6.45) is 1.04. The van der Waals surface area contributed by atoms with E-state index in [2.05, 4.69) is 0 Å². The van der Waals surface area contributed by atoms with Crippen molar-refractivity contribution in [1.29, 1.82) is 0 Å². The second-order valence-corrected chi connectivity index (χ2v) is 7.08. The van der Waals surface area contributed by atoms with Crippen LogP contribution in [0.4, 0.5) is 0 Å². The highest BCUT2D eigenvalue weighted by Crippen LogP contribution is 2.22. The number of carbonyl (C=O) groups is 3. The van der Waals surface area contributed by atoms with E-state index < -0.39 is 18.1 Å². The fourth-order valence-electron chi connectivity index (χ4n) is 3.22. The molecule has 130 valence electrons. The molecule has 0 saturated carbocycles. The molecule has 2 saturated heterocycles. The highest BCUT2D eigenvalue weighted by Gasteiger charge is 2.38. The predicted octanol–water partition coefficient (Wildman–Crippen LogP) is -0.00570. The quantitative estimate of drug-likeness (QED) is 0.826. The number of rotatable bonds is 4. The fraction of sp³-hybridized carbons (Fsp3) is 0.562. The number of hydrogen-bond donors (Lipinski definition) is 1. The minimum absolute atomic E-state index is 0.0204. The summed E-state index contributed by atoms with van der Waals surface area (Å²) >= 11 is 1.54. The largest absolute Gasteiger partial charge is 0.367 e. The van der Waals surface area contributed by atoms with Gasteiger partial charge >= 0.3 is 0 Å². The Morgan fingerprint density at radius 2 is 2.17 bits per heavy atom. The van der Waals surface area contributed by atoms with Gasteiger partial charge in [0.05, 0.1) is 19.6 Å². The zero-order valence-corrected chi connectivity index (χ0v) is 14.2. The molecule has 0 bridgehead atoms. The number of ether oxygens (including phenoxy) is 1. The van der Waals surface area contributed by atoms with Crippen molar-refractivity contribution in [2.45, 2.75) is 31.4 Å². The summed E-state index contributed by atoms with van der Waals surface area (Å²) in [5.41, 5.74) is 5.27. The van der Waals surface area contributed by atoms with Crippen molar-refractivity contribution in [2.75, 3.05) is 26.2 Å². The number of nitrogens with two attached hydrogens (primary N) is 1. The highest BCUT2D eigenvalue weighted by atomic mass is 32.1. The summed E-state index contributed by atoms with van der Waals surface area (Å²) in [5, 5.41) is 1.94. The van der Waals surface area contributed by atoms with E-state index in [1.165, 1.54) is 0 Å². The topological polar surface area (TPSA) is 92.9 Å². The molecular formula is C16H21N3O4S. The average Bonchev–Trinajstić information content (AvgIpc) is 3.25. The Balaban J connectivity index is 1.64. The van der Waals surface area contributed by atoms with Crippen LogP contribution < -0.4 is 5.73 Å². The lowest BCUT2D eigenvalue weighted by molar-refractivity contribution is -0.151. The van der Waals surface area contributed by atoms with E-state index in [4.69, 9.17) is 10.5 Å². The third kappa shape index (κ3) is 3.59.